The molecule has 114 valence electrons. The second kappa shape index (κ2) is 10.0. The molecule has 20 heavy (non-hydrogen) atoms. The van der Waals surface area contributed by atoms with Crippen molar-refractivity contribution < 1.29 is 4.39 Å². The molecule has 0 aromatic heterocycles. The molecule has 1 aromatic rings. The van der Waals surface area contributed by atoms with E-state index in [1.54, 1.807) is 6.07 Å². The maximum absolute atomic E-state index is 13.4. The first-order valence-electron chi connectivity index (χ1n) is 7.63. The molecule has 0 spiro atoms. The number of halogens is 2. The van der Waals surface area contributed by atoms with Crippen molar-refractivity contribution in [2.75, 3.05) is 17.6 Å². The van der Waals surface area contributed by atoms with E-state index in [1.165, 1.54) is 51.0 Å². The number of unbranched alkanes of at least 4 members (excludes halogenated alkanes) is 7. The van der Waals surface area contributed by atoms with Gasteiger partial charge in [0.25, 0.3) is 0 Å². The Morgan fingerprint density at radius 3 is 2.30 bits per heavy atom. The molecule has 1 rings (SSSR count). The highest BCUT2D eigenvalue weighted by molar-refractivity contribution is 9.10. The van der Waals surface area contributed by atoms with Gasteiger partial charge in [0, 0.05) is 12.6 Å². The highest BCUT2D eigenvalue weighted by Gasteiger charge is 2.05. The Bertz CT molecular complexity index is 396. The van der Waals surface area contributed by atoms with Crippen LogP contribution >= 0.6 is 15.9 Å². The molecule has 0 radical (unpaired) electrons. The van der Waals surface area contributed by atoms with Gasteiger partial charge in [-0.3, -0.25) is 0 Å². The third kappa shape index (κ3) is 6.60. The zero-order valence-electron chi connectivity index (χ0n) is 12.4. The third-order valence-corrected chi connectivity index (χ3v) is 4.05. The molecule has 2 nitrogen and oxygen atoms in total. The van der Waals surface area contributed by atoms with Crippen molar-refractivity contribution in [3.8, 4) is 0 Å². The van der Waals surface area contributed by atoms with Crippen LogP contribution in [-0.2, 0) is 0 Å². The third-order valence-electron chi connectivity index (χ3n) is 3.44. The zero-order chi connectivity index (χ0) is 14.8. The molecule has 0 aliphatic rings. The summed E-state index contributed by atoms with van der Waals surface area (Å²) in [5.41, 5.74) is 7.11. The molecule has 4 heteroatoms. The van der Waals surface area contributed by atoms with Crippen LogP contribution in [0.5, 0.6) is 0 Å². The van der Waals surface area contributed by atoms with Crippen LogP contribution in [0, 0.1) is 5.82 Å². The van der Waals surface area contributed by atoms with Crippen molar-refractivity contribution in [3.05, 3.63) is 22.4 Å². The van der Waals surface area contributed by atoms with Crippen molar-refractivity contribution in [3.63, 3.8) is 0 Å². The van der Waals surface area contributed by atoms with Gasteiger partial charge in [-0.2, -0.15) is 0 Å². The number of hydrogen-bond donors (Lipinski definition) is 2. The summed E-state index contributed by atoms with van der Waals surface area (Å²) in [4.78, 5) is 0. The highest BCUT2D eigenvalue weighted by atomic mass is 79.9. The highest BCUT2D eigenvalue weighted by Crippen LogP contribution is 2.26. The molecule has 0 heterocycles. The molecule has 1 aromatic carbocycles. The molecule has 3 N–H and O–H groups in total. The summed E-state index contributed by atoms with van der Waals surface area (Å²) in [7, 11) is 0. The number of anilines is 2. The van der Waals surface area contributed by atoms with Crippen molar-refractivity contribution in [1.29, 1.82) is 0 Å². The van der Waals surface area contributed by atoms with Gasteiger partial charge in [-0.05, 0) is 28.4 Å². The van der Waals surface area contributed by atoms with E-state index in [4.69, 9.17) is 5.73 Å². The minimum Gasteiger partial charge on any atom is -0.397 e. The predicted octanol–water partition coefficient (Wildman–Crippen LogP) is 5.72. The van der Waals surface area contributed by atoms with Crippen molar-refractivity contribution >= 4 is 27.3 Å². The summed E-state index contributed by atoms with van der Waals surface area (Å²) in [5.74, 6) is -0.280. The molecule has 0 fully saturated rings. The van der Waals surface area contributed by atoms with E-state index in [0.717, 1.165) is 13.0 Å². The number of nitrogens with two attached hydrogens (primary N) is 1. The Hall–Kier alpha value is -0.770. The SMILES string of the molecule is CCCCCCCCCCNc1cc(F)c(Br)cc1N. The van der Waals surface area contributed by atoms with Crippen LogP contribution in [0.15, 0.2) is 16.6 Å². The van der Waals surface area contributed by atoms with Crippen molar-refractivity contribution in [2.24, 2.45) is 0 Å². The first-order chi connectivity index (χ1) is 9.65. The minimum absolute atomic E-state index is 0.280. The second-order valence-electron chi connectivity index (χ2n) is 5.26. The average Bonchev–Trinajstić information content (AvgIpc) is 2.42. The summed E-state index contributed by atoms with van der Waals surface area (Å²) in [6.07, 6.45) is 10.3. The van der Waals surface area contributed by atoms with Crippen LogP contribution < -0.4 is 11.1 Å². The maximum Gasteiger partial charge on any atom is 0.139 e. The summed E-state index contributed by atoms with van der Waals surface area (Å²) in [5, 5.41) is 3.21. The van der Waals surface area contributed by atoms with Crippen LogP contribution in [0.25, 0.3) is 0 Å². The van der Waals surface area contributed by atoms with Gasteiger partial charge >= 0.3 is 0 Å². The molecule has 0 bridgehead atoms. The zero-order valence-corrected chi connectivity index (χ0v) is 13.9. The normalized spacial score (nSPS) is 10.8. The molecular formula is C16H26BrFN2. The van der Waals surface area contributed by atoms with Crippen LogP contribution in [0.1, 0.15) is 58.3 Å². The Labute approximate surface area is 130 Å². The maximum atomic E-state index is 13.4. The van der Waals surface area contributed by atoms with Gasteiger partial charge in [0.05, 0.1) is 15.8 Å². The van der Waals surface area contributed by atoms with E-state index in [0.29, 0.717) is 15.8 Å². The molecule has 0 aliphatic heterocycles. The summed E-state index contributed by atoms with van der Waals surface area (Å²) in [6, 6.07) is 3.05. The lowest BCUT2D eigenvalue weighted by Crippen LogP contribution is -2.05. The number of benzene rings is 1. The lowest BCUT2D eigenvalue weighted by Gasteiger charge is -2.10. The largest absolute Gasteiger partial charge is 0.397 e. The van der Waals surface area contributed by atoms with Gasteiger partial charge in [0.1, 0.15) is 5.82 Å². The van der Waals surface area contributed by atoms with E-state index >= 15 is 0 Å². The molecule has 0 saturated heterocycles. The van der Waals surface area contributed by atoms with E-state index in [9.17, 15) is 4.39 Å². The lowest BCUT2D eigenvalue weighted by molar-refractivity contribution is 0.581. The fourth-order valence-corrected chi connectivity index (χ4v) is 2.56. The van der Waals surface area contributed by atoms with Crippen molar-refractivity contribution in [2.45, 2.75) is 58.3 Å². The summed E-state index contributed by atoms with van der Waals surface area (Å²) < 4.78 is 13.8. The molecule has 0 saturated carbocycles. The van der Waals surface area contributed by atoms with E-state index in [1.807, 2.05) is 0 Å². The average molecular weight is 345 g/mol. The Morgan fingerprint density at radius 2 is 1.65 bits per heavy atom. The predicted molar refractivity (Wildman–Crippen MR) is 89.6 cm³/mol. The Balaban J connectivity index is 2.11. The van der Waals surface area contributed by atoms with Crippen LogP contribution in [-0.4, -0.2) is 6.54 Å². The van der Waals surface area contributed by atoms with Gasteiger partial charge in [0.15, 0.2) is 0 Å². The number of nitrogen functional groups attached to an aromatic ring is 1. The minimum atomic E-state index is -0.280. The first kappa shape index (κ1) is 17.3. The molecular weight excluding hydrogens is 319 g/mol. The summed E-state index contributed by atoms with van der Waals surface area (Å²) in [6.45, 7) is 3.09. The smallest absolute Gasteiger partial charge is 0.139 e. The van der Waals surface area contributed by atoms with Gasteiger partial charge < -0.3 is 11.1 Å². The van der Waals surface area contributed by atoms with Crippen LogP contribution in [0.4, 0.5) is 15.8 Å². The number of rotatable bonds is 10. The quantitative estimate of drug-likeness (QED) is 0.420. The van der Waals surface area contributed by atoms with Gasteiger partial charge in [-0.15, -0.1) is 0 Å². The fraction of sp³-hybridized carbons (Fsp3) is 0.625. The van der Waals surface area contributed by atoms with Crippen molar-refractivity contribution in [1.82, 2.24) is 0 Å². The first-order valence-corrected chi connectivity index (χ1v) is 8.42. The van der Waals surface area contributed by atoms with Gasteiger partial charge in [-0.1, -0.05) is 51.9 Å². The Kier molecular flexibility index (Phi) is 8.67. The molecule has 0 atom stereocenters. The Morgan fingerprint density at radius 1 is 1.05 bits per heavy atom. The van der Waals surface area contributed by atoms with E-state index in [-0.39, 0.29) is 5.82 Å². The second-order valence-corrected chi connectivity index (χ2v) is 6.11. The van der Waals surface area contributed by atoms with Gasteiger partial charge in [-0.25, -0.2) is 4.39 Å². The summed E-state index contributed by atoms with van der Waals surface area (Å²) >= 11 is 3.13. The van der Waals surface area contributed by atoms with Gasteiger partial charge in [0.2, 0.25) is 0 Å². The number of hydrogen-bond acceptors (Lipinski definition) is 2. The topological polar surface area (TPSA) is 38.0 Å². The standard InChI is InChI=1S/C16H26BrFN2/c1-2-3-4-5-6-7-8-9-10-20-16-12-14(18)13(17)11-15(16)19/h11-12,20H,2-10,19H2,1H3. The van der Waals surface area contributed by atoms with Crippen LogP contribution in [0.2, 0.25) is 0 Å². The number of nitrogens with one attached hydrogen (secondary N) is 1. The fourth-order valence-electron chi connectivity index (χ4n) is 2.20. The molecule has 0 amide bonds. The molecule has 0 unspecified atom stereocenters. The molecule has 0 aliphatic carbocycles. The monoisotopic (exact) mass is 344 g/mol. The lowest BCUT2D eigenvalue weighted by atomic mass is 10.1. The van der Waals surface area contributed by atoms with Crippen LogP contribution in [0.3, 0.4) is 0 Å². The van der Waals surface area contributed by atoms with E-state index < -0.39 is 0 Å². The van der Waals surface area contributed by atoms with E-state index in [2.05, 4.69) is 28.2 Å².